The van der Waals surface area contributed by atoms with E-state index in [2.05, 4.69) is 10.2 Å². The molecule has 0 aliphatic rings. The van der Waals surface area contributed by atoms with Crippen molar-refractivity contribution in [1.82, 2.24) is 19.7 Å². The number of thioether (sulfide) groups is 1. The Morgan fingerprint density at radius 2 is 1.89 bits per heavy atom. The van der Waals surface area contributed by atoms with Crippen molar-refractivity contribution in [3.8, 4) is 23.1 Å². The zero-order chi connectivity index (χ0) is 19.9. The lowest BCUT2D eigenvalue weighted by Gasteiger charge is -2.15. The van der Waals surface area contributed by atoms with Crippen molar-refractivity contribution in [1.29, 1.82) is 5.26 Å². The second-order valence-corrected chi connectivity index (χ2v) is 6.94. The maximum Gasteiger partial charge on any atom is 0.232 e. The van der Waals surface area contributed by atoms with E-state index in [1.54, 1.807) is 19.2 Å². The molecule has 0 spiro atoms. The third-order valence-electron chi connectivity index (χ3n) is 4.06. The van der Waals surface area contributed by atoms with Crippen molar-refractivity contribution in [2.24, 2.45) is 0 Å². The average Bonchev–Trinajstić information content (AvgIpc) is 3.15. The Labute approximate surface area is 166 Å². The second kappa shape index (κ2) is 9.15. The minimum Gasteiger partial charge on any atom is -0.344 e. The van der Waals surface area contributed by atoms with Gasteiger partial charge in [0.25, 0.3) is 0 Å². The van der Waals surface area contributed by atoms with Crippen LogP contribution in [-0.2, 0) is 4.79 Å². The van der Waals surface area contributed by atoms with Crippen LogP contribution in [0.15, 0.2) is 59.8 Å². The summed E-state index contributed by atoms with van der Waals surface area (Å²) in [6.45, 7) is 0.391. The third kappa shape index (κ3) is 4.56. The first kappa shape index (κ1) is 19.6. The topological polar surface area (TPSA) is 74.8 Å². The van der Waals surface area contributed by atoms with Crippen LogP contribution in [0.1, 0.15) is 6.42 Å². The number of nitriles is 1. The number of para-hydroxylation sites is 1. The highest BCUT2D eigenvalue weighted by Gasteiger charge is 2.18. The molecule has 0 atom stereocenters. The van der Waals surface area contributed by atoms with Gasteiger partial charge in [0.1, 0.15) is 5.82 Å². The Morgan fingerprint density at radius 1 is 1.18 bits per heavy atom. The Hall–Kier alpha value is -3.18. The van der Waals surface area contributed by atoms with E-state index in [9.17, 15) is 9.18 Å². The molecule has 3 rings (SSSR count). The van der Waals surface area contributed by atoms with Gasteiger partial charge in [0.05, 0.1) is 18.2 Å². The lowest BCUT2D eigenvalue weighted by atomic mass is 10.2. The van der Waals surface area contributed by atoms with Crippen LogP contribution in [0.2, 0.25) is 0 Å². The molecule has 0 aliphatic carbocycles. The minimum absolute atomic E-state index is 0.0915. The molecule has 0 aliphatic heterocycles. The summed E-state index contributed by atoms with van der Waals surface area (Å²) in [6, 6.07) is 17.6. The second-order valence-electron chi connectivity index (χ2n) is 6.00. The molecular formula is C20H18FN5OS. The first-order chi connectivity index (χ1) is 13.6. The highest BCUT2D eigenvalue weighted by atomic mass is 32.2. The van der Waals surface area contributed by atoms with Crippen LogP contribution in [0.4, 0.5) is 4.39 Å². The van der Waals surface area contributed by atoms with Crippen molar-refractivity contribution < 1.29 is 9.18 Å². The SMILES string of the molecule is CN(CCC#N)C(=O)CSc1nnc(-c2ccc(F)cc2)n1-c1ccccc1. The number of benzene rings is 2. The summed E-state index contributed by atoms with van der Waals surface area (Å²) >= 11 is 1.27. The highest BCUT2D eigenvalue weighted by Crippen LogP contribution is 2.28. The van der Waals surface area contributed by atoms with Crippen molar-refractivity contribution >= 4 is 17.7 Å². The van der Waals surface area contributed by atoms with Crippen LogP contribution < -0.4 is 0 Å². The largest absolute Gasteiger partial charge is 0.344 e. The summed E-state index contributed by atoms with van der Waals surface area (Å²) in [5, 5.41) is 17.7. The lowest BCUT2D eigenvalue weighted by Crippen LogP contribution is -2.29. The molecule has 1 amide bonds. The molecule has 28 heavy (non-hydrogen) atoms. The molecule has 0 fully saturated rings. The fraction of sp³-hybridized carbons (Fsp3) is 0.200. The maximum absolute atomic E-state index is 13.3. The van der Waals surface area contributed by atoms with Gasteiger partial charge in [0.15, 0.2) is 11.0 Å². The summed E-state index contributed by atoms with van der Waals surface area (Å²) in [7, 11) is 1.67. The maximum atomic E-state index is 13.3. The van der Waals surface area contributed by atoms with Crippen molar-refractivity contribution in [2.75, 3.05) is 19.3 Å². The first-order valence-electron chi connectivity index (χ1n) is 8.60. The van der Waals surface area contributed by atoms with Crippen LogP contribution in [0.5, 0.6) is 0 Å². The molecule has 0 bridgehead atoms. The van der Waals surface area contributed by atoms with E-state index in [1.807, 2.05) is 41.0 Å². The molecule has 1 heterocycles. The van der Waals surface area contributed by atoms with Crippen LogP contribution in [-0.4, -0.2) is 44.9 Å². The number of nitrogens with zero attached hydrogens (tertiary/aromatic N) is 5. The van der Waals surface area contributed by atoms with Gasteiger partial charge in [-0.25, -0.2) is 4.39 Å². The normalized spacial score (nSPS) is 10.5. The van der Waals surface area contributed by atoms with Gasteiger partial charge in [-0.2, -0.15) is 5.26 Å². The van der Waals surface area contributed by atoms with Gasteiger partial charge in [-0.15, -0.1) is 10.2 Å². The predicted molar refractivity (Wildman–Crippen MR) is 105 cm³/mol. The quantitative estimate of drug-likeness (QED) is 0.572. The van der Waals surface area contributed by atoms with Crippen molar-refractivity contribution in [3.63, 3.8) is 0 Å². The minimum atomic E-state index is -0.324. The zero-order valence-electron chi connectivity index (χ0n) is 15.2. The molecule has 0 radical (unpaired) electrons. The monoisotopic (exact) mass is 395 g/mol. The van der Waals surface area contributed by atoms with E-state index < -0.39 is 0 Å². The van der Waals surface area contributed by atoms with E-state index in [1.165, 1.54) is 28.8 Å². The van der Waals surface area contributed by atoms with Crippen LogP contribution in [0, 0.1) is 17.1 Å². The molecule has 8 heteroatoms. The molecule has 0 N–H and O–H groups in total. The fourth-order valence-electron chi connectivity index (χ4n) is 2.54. The van der Waals surface area contributed by atoms with Crippen LogP contribution in [0.3, 0.4) is 0 Å². The molecule has 0 unspecified atom stereocenters. The fourth-order valence-corrected chi connectivity index (χ4v) is 3.43. The Kier molecular flexibility index (Phi) is 6.40. The molecule has 2 aromatic carbocycles. The van der Waals surface area contributed by atoms with E-state index in [-0.39, 0.29) is 17.5 Å². The molecular weight excluding hydrogens is 377 g/mol. The summed E-state index contributed by atoms with van der Waals surface area (Å²) < 4.78 is 15.1. The highest BCUT2D eigenvalue weighted by molar-refractivity contribution is 7.99. The lowest BCUT2D eigenvalue weighted by molar-refractivity contribution is -0.127. The van der Waals surface area contributed by atoms with Gasteiger partial charge in [0.2, 0.25) is 5.91 Å². The van der Waals surface area contributed by atoms with E-state index >= 15 is 0 Å². The van der Waals surface area contributed by atoms with Crippen molar-refractivity contribution in [2.45, 2.75) is 11.6 Å². The Morgan fingerprint density at radius 3 is 2.57 bits per heavy atom. The van der Waals surface area contributed by atoms with Gasteiger partial charge in [-0.05, 0) is 36.4 Å². The van der Waals surface area contributed by atoms with Gasteiger partial charge < -0.3 is 4.90 Å². The number of aromatic nitrogens is 3. The molecule has 142 valence electrons. The van der Waals surface area contributed by atoms with Gasteiger partial charge >= 0.3 is 0 Å². The molecule has 3 aromatic rings. The number of carbonyl (C=O) groups is 1. The zero-order valence-corrected chi connectivity index (χ0v) is 16.1. The van der Waals surface area contributed by atoms with Crippen LogP contribution in [0.25, 0.3) is 17.1 Å². The number of rotatable bonds is 7. The number of amides is 1. The Balaban J connectivity index is 1.88. The van der Waals surface area contributed by atoms with E-state index in [0.717, 1.165) is 11.3 Å². The number of carbonyl (C=O) groups excluding carboxylic acids is 1. The van der Waals surface area contributed by atoms with Gasteiger partial charge in [-0.1, -0.05) is 30.0 Å². The van der Waals surface area contributed by atoms with Gasteiger partial charge in [0, 0.05) is 24.8 Å². The third-order valence-corrected chi connectivity index (χ3v) is 4.97. The standard InChI is InChI=1S/C20H18FN5OS/c1-25(13-5-12-22)18(27)14-28-20-24-23-19(15-8-10-16(21)11-9-15)26(20)17-6-3-2-4-7-17/h2-4,6-11H,5,13-14H2,1H3. The van der Waals surface area contributed by atoms with E-state index in [0.29, 0.717) is 23.9 Å². The smallest absolute Gasteiger partial charge is 0.232 e. The number of halogens is 1. The van der Waals surface area contributed by atoms with Gasteiger partial charge in [-0.3, -0.25) is 9.36 Å². The van der Waals surface area contributed by atoms with Crippen LogP contribution >= 0.6 is 11.8 Å². The molecule has 6 nitrogen and oxygen atoms in total. The summed E-state index contributed by atoms with van der Waals surface area (Å²) in [5.74, 6) is 0.330. The molecule has 1 aromatic heterocycles. The first-order valence-corrected chi connectivity index (χ1v) is 9.59. The van der Waals surface area contributed by atoms with E-state index in [4.69, 9.17) is 5.26 Å². The van der Waals surface area contributed by atoms with Crippen molar-refractivity contribution in [3.05, 3.63) is 60.4 Å². The number of hydrogen-bond acceptors (Lipinski definition) is 5. The molecule has 0 saturated heterocycles. The number of hydrogen-bond donors (Lipinski definition) is 0. The summed E-state index contributed by atoms with van der Waals surface area (Å²) in [4.78, 5) is 13.8. The average molecular weight is 395 g/mol. The summed E-state index contributed by atoms with van der Waals surface area (Å²) in [5.41, 5.74) is 1.57. The Bertz CT molecular complexity index is 982. The molecule has 0 saturated carbocycles. The summed E-state index contributed by atoms with van der Waals surface area (Å²) in [6.07, 6.45) is 0.293. The predicted octanol–water partition coefficient (Wildman–Crippen LogP) is 3.54.